The van der Waals surface area contributed by atoms with Crippen LogP contribution in [0.15, 0.2) is 84.4 Å². The highest BCUT2D eigenvalue weighted by Gasteiger charge is 2.19. The Balaban J connectivity index is 1.68. The molecule has 4 rings (SSSR count). The van der Waals surface area contributed by atoms with E-state index in [1.54, 1.807) is 0 Å². The maximum Gasteiger partial charge on any atom is 0.253 e. The van der Waals surface area contributed by atoms with Gasteiger partial charge in [-0.25, -0.2) is 0 Å². The molecule has 0 bridgehead atoms. The monoisotopic (exact) mass is 481 g/mol. The Morgan fingerprint density at radius 2 is 1.42 bits per heavy atom. The van der Waals surface area contributed by atoms with Gasteiger partial charge < -0.3 is 15.5 Å². The Hall–Kier alpha value is -3.70. The largest absolute Gasteiger partial charge is 0.339 e. The fraction of sp³-hybridized carbons (Fsp3) is 0.290. The van der Waals surface area contributed by atoms with E-state index in [-0.39, 0.29) is 11.8 Å². The number of nitrogens with one attached hydrogen (secondary N) is 2. The number of hydrogen-bond acceptors (Lipinski definition) is 3. The minimum absolute atomic E-state index is 0.0384. The van der Waals surface area contributed by atoms with Crippen LogP contribution in [0, 0.1) is 0 Å². The van der Waals surface area contributed by atoms with Gasteiger partial charge in [-0.15, -0.1) is 0 Å². The van der Waals surface area contributed by atoms with Gasteiger partial charge in [0.25, 0.3) is 5.91 Å². The van der Waals surface area contributed by atoms with Crippen molar-refractivity contribution in [3.05, 3.63) is 107 Å². The number of carbonyl (C=O) groups excluding carboxylic acids is 2. The van der Waals surface area contributed by atoms with E-state index >= 15 is 0 Å². The maximum absolute atomic E-state index is 12.9. The van der Waals surface area contributed by atoms with Crippen molar-refractivity contribution in [2.75, 3.05) is 31.5 Å². The number of piperidine rings is 1. The quantitative estimate of drug-likeness (QED) is 0.444. The molecule has 5 nitrogen and oxygen atoms in total. The highest BCUT2D eigenvalue weighted by atomic mass is 16.2. The molecule has 1 saturated heterocycles. The molecule has 0 unspecified atom stereocenters. The molecule has 1 fully saturated rings. The molecule has 2 N–H and O–H groups in total. The van der Waals surface area contributed by atoms with Crippen molar-refractivity contribution in [2.24, 2.45) is 0 Å². The van der Waals surface area contributed by atoms with Crippen LogP contribution >= 0.6 is 0 Å². The average Bonchev–Trinajstić information content (AvgIpc) is 2.92. The molecular formula is C31H35N3O2. The van der Waals surface area contributed by atoms with E-state index in [9.17, 15) is 9.59 Å². The fourth-order valence-electron chi connectivity index (χ4n) is 4.79. The number of para-hydroxylation sites is 1. The SMILES string of the molecule is CCN(CC)C(=O)c1ccc(C(=C2CCNCC2)c2ccccc2NC(=O)Cc2ccccc2)cc1. The van der Waals surface area contributed by atoms with E-state index in [2.05, 4.69) is 16.7 Å². The lowest BCUT2D eigenvalue weighted by molar-refractivity contribution is -0.115. The summed E-state index contributed by atoms with van der Waals surface area (Å²) in [6.07, 6.45) is 2.22. The second-order valence-electron chi connectivity index (χ2n) is 9.04. The van der Waals surface area contributed by atoms with E-state index in [4.69, 9.17) is 0 Å². The predicted molar refractivity (Wildman–Crippen MR) is 147 cm³/mol. The first-order valence-electron chi connectivity index (χ1n) is 12.9. The molecule has 0 saturated carbocycles. The van der Waals surface area contributed by atoms with Gasteiger partial charge in [0, 0.05) is 29.9 Å². The first-order valence-corrected chi connectivity index (χ1v) is 12.9. The summed E-state index contributed by atoms with van der Waals surface area (Å²) in [6.45, 7) is 7.24. The number of amides is 2. The molecule has 0 radical (unpaired) electrons. The van der Waals surface area contributed by atoms with Crippen molar-refractivity contribution >= 4 is 23.1 Å². The second kappa shape index (κ2) is 12.3. The predicted octanol–water partition coefficient (Wildman–Crippen LogP) is 5.54. The van der Waals surface area contributed by atoms with Crippen LogP contribution in [-0.4, -0.2) is 42.9 Å². The number of hydrogen-bond donors (Lipinski definition) is 2. The van der Waals surface area contributed by atoms with Crippen molar-refractivity contribution < 1.29 is 9.59 Å². The molecule has 186 valence electrons. The zero-order valence-electron chi connectivity index (χ0n) is 21.2. The average molecular weight is 482 g/mol. The van der Waals surface area contributed by atoms with Crippen LogP contribution in [0.4, 0.5) is 5.69 Å². The van der Waals surface area contributed by atoms with Crippen molar-refractivity contribution in [2.45, 2.75) is 33.1 Å². The summed E-state index contributed by atoms with van der Waals surface area (Å²) in [5.74, 6) is 0.0136. The Labute approximate surface area is 214 Å². The third-order valence-corrected chi connectivity index (χ3v) is 6.71. The highest BCUT2D eigenvalue weighted by molar-refractivity contribution is 5.98. The van der Waals surface area contributed by atoms with Crippen molar-refractivity contribution in [1.82, 2.24) is 10.2 Å². The first-order chi connectivity index (χ1) is 17.6. The topological polar surface area (TPSA) is 61.4 Å². The van der Waals surface area contributed by atoms with Crippen LogP contribution in [0.1, 0.15) is 53.7 Å². The second-order valence-corrected chi connectivity index (χ2v) is 9.04. The van der Waals surface area contributed by atoms with Crippen LogP contribution in [0.3, 0.4) is 0 Å². The molecule has 5 heteroatoms. The Morgan fingerprint density at radius 3 is 2.08 bits per heavy atom. The number of carbonyl (C=O) groups is 2. The van der Waals surface area contributed by atoms with Gasteiger partial charge in [-0.2, -0.15) is 0 Å². The van der Waals surface area contributed by atoms with Crippen LogP contribution < -0.4 is 10.6 Å². The lowest BCUT2D eigenvalue weighted by Gasteiger charge is -2.23. The summed E-state index contributed by atoms with van der Waals surface area (Å²) in [6, 6.07) is 25.8. The van der Waals surface area contributed by atoms with Gasteiger partial charge in [0.2, 0.25) is 5.91 Å². The molecule has 2 amide bonds. The van der Waals surface area contributed by atoms with Gasteiger partial charge in [0.1, 0.15) is 0 Å². The number of benzene rings is 3. The number of anilines is 1. The first kappa shape index (κ1) is 25.4. The van der Waals surface area contributed by atoms with Crippen LogP contribution in [-0.2, 0) is 11.2 Å². The molecule has 0 spiro atoms. The van der Waals surface area contributed by atoms with Gasteiger partial charge in [0.05, 0.1) is 6.42 Å². The van der Waals surface area contributed by atoms with E-state index in [1.807, 2.05) is 91.5 Å². The normalized spacial score (nSPS) is 13.2. The van der Waals surface area contributed by atoms with E-state index in [0.29, 0.717) is 25.1 Å². The standard InChI is InChI=1S/C31H35N3O2/c1-3-34(4-2)31(36)26-16-14-24(15-17-26)30(25-18-20-32-21-19-25)27-12-8-9-13-28(27)33-29(35)22-23-10-6-5-7-11-23/h5-17,32H,3-4,18-22H2,1-2H3,(H,33,35). The van der Waals surface area contributed by atoms with E-state index < -0.39 is 0 Å². The van der Waals surface area contributed by atoms with Crippen LogP contribution in [0.25, 0.3) is 5.57 Å². The minimum Gasteiger partial charge on any atom is -0.339 e. The summed E-state index contributed by atoms with van der Waals surface area (Å²) >= 11 is 0. The molecule has 3 aromatic rings. The lowest BCUT2D eigenvalue weighted by atomic mass is 9.87. The van der Waals surface area contributed by atoms with Gasteiger partial charge in [0.15, 0.2) is 0 Å². The fourth-order valence-corrected chi connectivity index (χ4v) is 4.79. The summed E-state index contributed by atoms with van der Waals surface area (Å²) < 4.78 is 0. The van der Waals surface area contributed by atoms with Crippen molar-refractivity contribution in [3.63, 3.8) is 0 Å². The van der Waals surface area contributed by atoms with Crippen LogP contribution in [0.2, 0.25) is 0 Å². The van der Waals surface area contributed by atoms with E-state index in [0.717, 1.165) is 53.9 Å². The molecule has 1 aliphatic heterocycles. The maximum atomic E-state index is 12.9. The minimum atomic E-state index is -0.0384. The molecular weight excluding hydrogens is 446 g/mol. The Bertz CT molecular complexity index is 1200. The Morgan fingerprint density at radius 1 is 0.806 bits per heavy atom. The molecule has 0 atom stereocenters. The zero-order valence-corrected chi connectivity index (χ0v) is 21.2. The third kappa shape index (κ3) is 6.10. The van der Waals surface area contributed by atoms with Gasteiger partial charge >= 0.3 is 0 Å². The smallest absolute Gasteiger partial charge is 0.253 e. The summed E-state index contributed by atoms with van der Waals surface area (Å²) in [5, 5.41) is 6.60. The molecule has 36 heavy (non-hydrogen) atoms. The molecule has 1 heterocycles. The summed E-state index contributed by atoms with van der Waals surface area (Å²) in [4.78, 5) is 27.6. The van der Waals surface area contributed by atoms with Crippen molar-refractivity contribution in [3.8, 4) is 0 Å². The molecule has 1 aliphatic rings. The number of rotatable bonds is 8. The highest BCUT2D eigenvalue weighted by Crippen LogP contribution is 2.35. The number of nitrogens with zero attached hydrogens (tertiary/aromatic N) is 1. The zero-order chi connectivity index (χ0) is 25.3. The summed E-state index contributed by atoms with van der Waals surface area (Å²) in [7, 11) is 0. The van der Waals surface area contributed by atoms with Gasteiger partial charge in [-0.05, 0) is 74.7 Å². The third-order valence-electron chi connectivity index (χ3n) is 6.71. The van der Waals surface area contributed by atoms with Gasteiger partial charge in [-0.3, -0.25) is 9.59 Å². The van der Waals surface area contributed by atoms with Crippen molar-refractivity contribution in [1.29, 1.82) is 0 Å². The molecule has 3 aromatic carbocycles. The summed E-state index contributed by atoms with van der Waals surface area (Å²) in [5.41, 5.74) is 7.07. The molecule has 0 aromatic heterocycles. The van der Waals surface area contributed by atoms with Gasteiger partial charge in [-0.1, -0.05) is 66.2 Å². The lowest BCUT2D eigenvalue weighted by Crippen LogP contribution is -2.30. The van der Waals surface area contributed by atoms with E-state index in [1.165, 1.54) is 5.57 Å². The Kier molecular flexibility index (Phi) is 8.69. The molecule has 0 aliphatic carbocycles. The van der Waals surface area contributed by atoms with Crippen LogP contribution in [0.5, 0.6) is 0 Å².